The SMILES string of the molecule is C=CCn1c(=O)c2ccccc2n2c(=S)n(C[NH+]3CCC(O)CC3)nc12. The largest absolute Gasteiger partial charge is 0.393 e. The second-order valence-corrected chi connectivity index (χ2v) is 7.14. The van der Waals surface area contributed by atoms with Crippen molar-refractivity contribution in [2.75, 3.05) is 13.1 Å². The lowest BCUT2D eigenvalue weighted by Gasteiger charge is -2.26. The van der Waals surface area contributed by atoms with Crippen LogP contribution in [0.4, 0.5) is 0 Å². The Morgan fingerprint density at radius 3 is 2.81 bits per heavy atom. The summed E-state index contributed by atoms with van der Waals surface area (Å²) in [6, 6.07) is 7.46. The molecule has 26 heavy (non-hydrogen) atoms. The highest BCUT2D eigenvalue weighted by molar-refractivity contribution is 7.71. The molecule has 3 aromatic rings. The standard InChI is InChI=1S/C18H21N5O2S/c1-2-9-21-16(25)14-5-3-4-6-15(14)23-17(21)19-22(18(23)26)12-20-10-7-13(24)8-11-20/h2-6,13,24H,1,7-12H2/p+1. The number of piperidine rings is 1. The number of aliphatic hydroxyl groups excluding tert-OH is 1. The lowest BCUT2D eigenvalue weighted by atomic mass is 10.1. The number of para-hydroxylation sites is 1. The quantitative estimate of drug-likeness (QED) is 0.513. The monoisotopic (exact) mass is 372 g/mol. The second kappa shape index (κ2) is 6.79. The van der Waals surface area contributed by atoms with Gasteiger partial charge in [0.25, 0.3) is 5.56 Å². The van der Waals surface area contributed by atoms with E-state index in [1.807, 2.05) is 28.7 Å². The van der Waals surface area contributed by atoms with E-state index in [0.29, 0.717) is 29.1 Å². The summed E-state index contributed by atoms with van der Waals surface area (Å²) in [6.45, 7) is 6.53. The molecule has 1 aliphatic heterocycles. The average molecular weight is 372 g/mol. The number of nitrogens with one attached hydrogen (secondary N) is 1. The van der Waals surface area contributed by atoms with Crippen LogP contribution in [0.25, 0.3) is 16.7 Å². The third-order valence-corrected chi connectivity index (χ3v) is 5.42. The molecule has 0 aliphatic carbocycles. The molecule has 1 saturated heterocycles. The minimum absolute atomic E-state index is 0.0893. The van der Waals surface area contributed by atoms with Crippen molar-refractivity contribution >= 4 is 28.9 Å². The molecule has 0 unspecified atom stereocenters. The summed E-state index contributed by atoms with van der Waals surface area (Å²) < 4.78 is 5.85. The number of aliphatic hydroxyl groups is 1. The molecule has 8 heteroatoms. The van der Waals surface area contributed by atoms with Gasteiger partial charge in [-0.05, 0) is 24.4 Å². The number of likely N-dealkylation sites (tertiary alicyclic amines) is 1. The van der Waals surface area contributed by atoms with Crippen LogP contribution in [-0.2, 0) is 13.2 Å². The van der Waals surface area contributed by atoms with E-state index in [1.165, 1.54) is 4.90 Å². The van der Waals surface area contributed by atoms with Crippen molar-refractivity contribution in [1.29, 1.82) is 0 Å². The van der Waals surface area contributed by atoms with Gasteiger partial charge in [0, 0.05) is 19.4 Å². The summed E-state index contributed by atoms with van der Waals surface area (Å²) in [5.41, 5.74) is 0.682. The topological polar surface area (TPSA) is 68.9 Å². The van der Waals surface area contributed by atoms with E-state index in [4.69, 9.17) is 12.2 Å². The summed E-state index contributed by atoms with van der Waals surface area (Å²) in [5, 5.41) is 15.0. The highest BCUT2D eigenvalue weighted by atomic mass is 32.1. The highest BCUT2D eigenvalue weighted by Crippen LogP contribution is 2.14. The number of hydrogen-bond donors (Lipinski definition) is 2. The summed E-state index contributed by atoms with van der Waals surface area (Å²) in [7, 11) is 0. The van der Waals surface area contributed by atoms with Gasteiger partial charge >= 0.3 is 0 Å². The Balaban J connectivity index is 1.89. The van der Waals surface area contributed by atoms with Crippen molar-refractivity contribution in [2.24, 2.45) is 0 Å². The van der Waals surface area contributed by atoms with E-state index in [9.17, 15) is 9.90 Å². The third-order valence-electron chi connectivity index (χ3n) is 5.03. The second-order valence-electron chi connectivity index (χ2n) is 6.78. The van der Waals surface area contributed by atoms with Gasteiger partial charge in [-0.25, -0.2) is 0 Å². The van der Waals surface area contributed by atoms with Crippen LogP contribution in [0.1, 0.15) is 12.8 Å². The molecule has 2 N–H and O–H groups in total. The first-order valence-electron chi connectivity index (χ1n) is 8.84. The number of hydrogen-bond acceptors (Lipinski definition) is 4. The van der Waals surface area contributed by atoms with Crippen LogP contribution in [0.5, 0.6) is 0 Å². The molecule has 4 rings (SSSR count). The molecule has 0 spiro atoms. The molecule has 1 aliphatic rings. The normalized spacial score (nSPS) is 20.7. The first kappa shape index (κ1) is 17.1. The zero-order valence-electron chi connectivity index (χ0n) is 14.5. The minimum Gasteiger partial charge on any atom is -0.393 e. The molecular weight excluding hydrogens is 350 g/mol. The van der Waals surface area contributed by atoms with Crippen molar-refractivity contribution in [3.63, 3.8) is 0 Å². The highest BCUT2D eigenvalue weighted by Gasteiger charge is 2.22. The Hall–Kier alpha value is -2.29. The van der Waals surface area contributed by atoms with E-state index in [0.717, 1.165) is 31.4 Å². The van der Waals surface area contributed by atoms with Crippen LogP contribution in [0.3, 0.4) is 0 Å². The molecule has 1 fully saturated rings. The molecule has 136 valence electrons. The number of quaternary nitrogens is 1. The summed E-state index contributed by atoms with van der Waals surface area (Å²) >= 11 is 5.69. The van der Waals surface area contributed by atoms with Gasteiger partial charge in [-0.15, -0.1) is 11.7 Å². The predicted octanol–water partition coefficient (Wildman–Crippen LogP) is 0.363. The van der Waals surface area contributed by atoms with Crippen LogP contribution in [0, 0.1) is 4.77 Å². The van der Waals surface area contributed by atoms with E-state index < -0.39 is 0 Å². The molecule has 0 bridgehead atoms. The van der Waals surface area contributed by atoms with Gasteiger partial charge in [-0.2, -0.15) is 4.68 Å². The number of nitrogens with zero attached hydrogens (tertiary/aromatic N) is 4. The molecule has 0 saturated carbocycles. The fourth-order valence-corrected chi connectivity index (χ4v) is 3.93. The number of allylic oxidation sites excluding steroid dienone is 1. The number of benzene rings is 1. The van der Waals surface area contributed by atoms with Crippen LogP contribution in [0.15, 0.2) is 41.7 Å². The van der Waals surface area contributed by atoms with E-state index in [2.05, 4.69) is 11.7 Å². The van der Waals surface area contributed by atoms with Crippen molar-refractivity contribution in [3.05, 3.63) is 52.0 Å². The Labute approximate surface area is 155 Å². The molecule has 2 aromatic heterocycles. The van der Waals surface area contributed by atoms with Crippen molar-refractivity contribution in [1.82, 2.24) is 18.7 Å². The van der Waals surface area contributed by atoms with Gasteiger partial charge in [0.2, 0.25) is 10.5 Å². The van der Waals surface area contributed by atoms with Gasteiger partial charge in [-0.3, -0.25) is 13.8 Å². The first-order valence-corrected chi connectivity index (χ1v) is 9.24. The maximum Gasteiger partial charge on any atom is 0.263 e. The Morgan fingerprint density at radius 1 is 1.35 bits per heavy atom. The fraction of sp³-hybridized carbons (Fsp3) is 0.389. The number of rotatable bonds is 4. The molecular formula is C18H22N5O2S+. The molecule has 3 heterocycles. The third kappa shape index (κ3) is 2.80. The Morgan fingerprint density at radius 2 is 2.08 bits per heavy atom. The van der Waals surface area contributed by atoms with Crippen LogP contribution >= 0.6 is 12.2 Å². The zero-order chi connectivity index (χ0) is 18.3. The van der Waals surface area contributed by atoms with Gasteiger partial charge in [-0.1, -0.05) is 18.2 Å². The summed E-state index contributed by atoms with van der Waals surface area (Å²) in [5.74, 6) is 0.537. The van der Waals surface area contributed by atoms with Gasteiger partial charge < -0.3 is 10.0 Å². The molecule has 0 atom stereocenters. The maximum absolute atomic E-state index is 12.9. The minimum atomic E-state index is -0.200. The molecule has 7 nitrogen and oxygen atoms in total. The Bertz CT molecular complexity index is 1090. The lowest BCUT2D eigenvalue weighted by molar-refractivity contribution is -0.929. The average Bonchev–Trinajstić information content (AvgIpc) is 2.97. The van der Waals surface area contributed by atoms with Crippen LogP contribution in [0.2, 0.25) is 0 Å². The van der Waals surface area contributed by atoms with Crippen LogP contribution in [-0.4, -0.2) is 43.0 Å². The maximum atomic E-state index is 12.9. The van der Waals surface area contributed by atoms with Gasteiger partial charge in [0.1, 0.15) is 0 Å². The summed E-state index contributed by atoms with van der Waals surface area (Å²) in [4.78, 5) is 14.2. The first-order chi connectivity index (χ1) is 12.6. The fourth-order valence-electron chi connectivity index (χ4n) is 3.64. The molecule has 1 aromatic carbocycles. The van der Waals surface area contributed by atoms with Gasteiger partial charge in [0.15, 0.2) is 6.67 Å². The molecule has 0 radical (unpaired) electrons. The van der Waals surface area contributed by atoms with Crippen molar-refractivity contribution in [2.45, 2.75) is 32.2 Å². The molecule has 0 amide bonds. The van der Waals surface area contributed by atoms with E-state index in [-0.39, 0.29) is 11.7 Å². The van der Waals surface area contributed by atoms with Crippen molar-refractivity contribution in [3.8, 4) is 0 Å². The van der Waals surface area contributed by atoms with E-state index >= 15 is 0 Å². The number of aromatic nitrogens is 4. The van der Waals surface area contributed by atoms with Crippen molar-refractivity contribution < 1.29 is 10.0 Å². The smallest absolute Gasteiger partial charge is 0.263 e. The zero-order valence-corrected chi connectivity index (χ0v) is 15.3. The number of fused-ring (bicyclic) bond motifs is 3. The summed E-state index contributed by atoms with van der Waals surface area (Å²) in [6.07, 6.45) is 3.07. The van der Waals surface area contributed by atoms with E-state index in [1.54, 1.807) is 15.3 Å². The predicted molar refractivity (Wildman–Crippen MR) is 102 cm³/mol. The van der Waals surface area contributed by atoms with Gasteiger partial charge in [0.05, 0.1) is 30.1 Å². The Kier molecular flexibility index (Phi) is 4.47. The van der Waals surface area contributed by atoms with Crippen LogP contribution < -0.4 is 10.5 Å². The lowest BCUT2D eigenvalue weighted by Crippen LogP contribution is -3.12.